The molecule has 1 N–H and O–H groups in total. The van der Waals surface area contributed by atoms with E-state index in [9.17, 15) is 4.79 Å². The molecule has 8 heteroatoms. The van der Waals surface area contributed by atoms with Gasteiger partial charge in [0.05, 0.1) is 0 Å². The zero-order chi connectivity index (χ0) is 18.6. The summed E-state index contributed by atoms with van der Waals surface area (Å²) in [5.41, 5.74) is 1.49. The fourth-order valence-corrected chi connectivity index (χ4v) is 3.44. The lowest BCUT2D eigenvalue weighted by Gasteiger charge is -2.31. The van der Waals surface area contributed by atoms with Crippen LogP contribution in [0.1, 0.15) is 36.1 Å². The second-order valence-corrected chi connectivity index (χ2v) is 6.84. The molecule has 0 radical (unpaired) electrons. The van der Waals surface area contributed by atoms with Gasteiger partial charge in [-0.15, -0.1) is 0 Å². The Bertz CT molecular complexity index is 894. The third-order valence-electron chi connectivity index (χ3n) is 5.04. The number of carbonyl (C=O) groups is 1. The van der Waals surface area contributed by atoms with Gasteiger partial charge in [0.2, 0.25) is 0 Å². The van der Waals surface area contributed by atoms with Crippen LogP contribution in [0.25, 0.3) is 11.4 Å². The molecule has 1 fully saturated rings. The van der Waals surface area contributed by atoms with Crippen LogP contribution >= 0.6 is 0 Å². The van der Waals surface area contributed by atoms with Crippen molar-refractivity contribution in [3.8, 4) is 11.4 Å². The van der Waals surface area contributed by atoms with Gasteiger partial charge >= 0.3 is 0 Å². The van der Waals surface area contributed by atoms with Gasteiger partial charge in [-0.25, -0.2) is 4.98 Å². The molecule has 27 heavy (non-hydrogen) atoms. The molecule has 0 aromatic carbocycles. The summed E-state index contributed by atoms with van der Waals surface area (Å²) in [4.78, 5) is 23.1. The van der Waals surface area contributed by atoms with Crippen molar-refractivity contribution in [2.45, 2.75) is 32.7 Å². The number of rotatable bonds is 5. The molecule has 1 amide bonds. The van der Waals surface area contributed by atoms with Gasteiger partial charge in [0.1, 0.15) is 11.5 Å². The lowest BCUT2D eigenvalue weighted by atomic mass is 9.93. The molecular formula is C19H23N7O. The molecule has 0 saturated carbocycles. The van der Waals surface area contributed by atoms with E-state index in [1.54, 1.807) is 23.1 Å². The van der Waals surface area contributed by atoms with Gasteiger partial charge in [-0.3, -0.25) is 19.6 Å². The standard InChI is InChI=1S/C19H23N7O/c1-2-26-12-7-16(24-26)19(27)25-10-5-14(6-11-25)13-17-21-18(23-22-17)15-3-8-20-9-4-15/h3-4,7-9,12,14H,2,5-6,10-11,13H2,1H3,(H,21,22,23). The first-order valence-electron chi connectivity index (χ1n) is 9.37. The number of nitrogens with one attached hydrogen (secondary N) is 1. The van der Waals surface area contributed by atoms with E-state index in [0.29, 0.717) is 17.4 Å². The summed E-state index contributed by atoms with van der Waals surface area (Å²) in [7, 11) is 0. The molecule has 1 aliphatic heterocycles. The number of hydrogen-bond acceptors (Lipinski definition) is 5. The minimum Gasteiger partial charge on any atom is -0.337 e. The maximum Gasteiger partial charge on any atom is 0.274 e. The molecule has 0 unspecified atom stereocenters. The second-order valence-electron chi connectivity index (χ2n) is 6.84. The number of H-pyrrole nitrogens is 1. The number of likely N-dealkylation sites (tertiary alicyclic amines) is 1. The van der Waals surface area contributed by atoms with Gasteiger partial charge in [-0.2, -0.15) is 10.2 Å². The maximum absolute atomic E-state index is 12.6. The van der Waals surface area contributed by atoms with Crippen LogP contribution < -0.4 is 0 Å². The van der Waals surface area contributed by atoms with Crippen molar-refractivity contribution in [3.05, 3.63) is 48.3 Å². The summed E-state index contributed by atoms with van der Waals surface area (Å²) in [6.45, 7) is 4.30. The van der Waals surface area contributed by atoms with Gasteiger partial charge in [-0.1, -0.05) is 0 Å². The van der Waals surface area contributed by atoms with Gasteiger partial charge in [0.25, 0.3) is 5.91 Å². The van der Waals surface area contributed by atoms with Crippen LogP contribution in [-0.2, 0) is 13.0 Å². The molecule has 0 spiro atoms. The Balaban J connectivity index is 1.32. The number of aromatic nitrogens is 6. The van der Waals surface area contributed by atoms with E-state index in [-0.39, 0.29) is 5.91 Å². The number of aromatic amines is 1. The van der Waals surface area contributed by atoms with Gasteiger partial charge in [0.15, 0.2) is 5.82 Å². The topological polar surface area (TPSA) is 92.6 Å². The summed E-state index contributed by atoms with van der Waals surface area (Å²) in [6, 6.07) is 5.60. The number of pyridine rings is 1. The lowest BCUT2D eigenvalue weighted by molar-refractivity contribution is 0.0683. The highest BCUT2D eigenvalue weighted by molar-refractivity contribution is 5.92. The minimum absolute atomic E-state index is 0.0280. The summed E-state index contributed by atoms with van der Waals surface area (Å²) >= 11 is 0. The highest BCUT2D eigenvalue weighted by Crippen LogP contribution is 2.22. The Morgan fingerprint density at radius 2 is 2.00 bits per heavy atom. The Hall–Kier alpha value is -3.03. The average Bonchev–Trinajstić information content (AvgIpc) is 3.38. The molecule has 4 heterocycles. The first-order valence-corrected chi connectivity index (χ1v) is 9.37. The Kier molecular flexibility index (Phi) is 4.95. The second kappa shape index (κ2) is 7.69. The van der Waals surface area contributed by atoms with Crippen LogP contribution in [0.3, 0.4) is 0 Å². The van der Waals surface area contributed by atoms with E-state index in [0.717, 1.165) is 50.3 Å². The normalized spacial score (nSPS) is 15.2. The minimum atomic E-state index is 0.0280. The third-order valence-corrected chi connectivity index (χ3v) is 5.04. The fourth-order valence-electron chi connectivity index (χ4n) is 3.44. The zero-order valence-corrected chi connectivity index (χ0v) is 15.4. The van der Waals surface area contributed by atoms with E-state index in [1.165, 1.54) is 0 Å². The molecule has 0 atom stereocenters. The molecular weight excluding hydrogens is 342 g/mol. The van der Waals surface area contributed by atoms with Crippen LogP contribution in [0.5, 0.6) is 0 Å². The monoisotopic (exact) mass is 365 g/mol. The third kappa shape index (κ3) is 3.89. The fraction of sp³-hybridized carbons (Fsp3) is 0.421. The van der Waals surface area contributed by atoms with Crippen LogP contribution in [0.4, 0.5) is 0 Å². The van der Waals surface area contributed by atoms with Crippen LogP contribution in [0, 0.1) is 5.92 Å². The smallest absolute Gasteiger partial charge is 0.274 e. The molecule has 140 valence electrons. The van der Waals surface area contributed by atoms with Crippen molar-refractivity contribution in [3.63, 3.8) is 0 Å². The average molecular weight is 365 g/mol. The number of nitrogens with zero attached hydrogens (tertiary/aromatic N) is 6. The number of aryl methyl sites for hydroxylation is 1. The van der Waals surface area contributed by atoms with E-state index in [4.69, 9.17) is 0 Å². The number of hydrogen-bond donors (Lipinski definition) is 1. The Morgan fingerprint density at radius 1 is 1.22 bits per heavy atom. The largest absolute Gasteiger partial charge is 0.337 e. The van der Waals surface area contributed by atoms with Crippen molar-refractivity contribution < 1.29 is 4.79 Å². The van der Waals surface area contributed by atoms with Crippen molar-refractivity contribution in [2.75, 3.05) is 13.1 Å². The summed E-state index contributed by atoms with van der Waals surface area (Å²) in [5.74, 6) is 2.13. The Labute approximate surface area is 157 Å². The molecule has 0 bridgehead atoms. The predicted molar refractivity (Wildman–Crippen MR) is 99.8 cm³/mol. The van der Waals surface area contributed by atoms with Gasteiger partial charge < -0.3 is 4.90 Å². The summed E-state index contributed by atoms with van der Waals surface area (Å²) < 4.78 is 1.78. The SMILES string of the molecule is CCn1ccc(C(=O)N2CCC(Cc3nc(-c4ccncc4)n[nH]3)CC2)n1. The van der Waals surface area contributed by atoms with Crippen LogP contribution in [-0.4, -0.2) is 53.8 Å². The van der Waals surface area contributed by atoms with Crippen LogP contribution in [0.2, 0.25) is 0 Å². The first kappa shape index (κ1) is 17.4. The van der Waals surface area contributed by atoms with Crippen molar-refractivity contribution in [1.29, 1.82) is 0 Å². The van der Waals surface area contributed by atoms with Crippen LogP contribution in [0.15, 0.2) is 36.8 Å². The quantitative estimate of drug-likeness (QED) is 0.748. The van der Waals surface area contributed by atoms with Crippen molar-refractivity contribution in [2.24, 2.45) is 5.92 Å². The summed E-state index contributed by atoms with van der Waals surface area (Å²) in [5, 5.41) is 11.7. The molecule has 8 nitrogen and oxygen atoms in total. The van der Waals surface area contributed by atoms with E-state index in [1.807, 2.05) is 30.2 Å². The highest BCUT2D eigenvalue weighted by atomic mass is 16.2. The van der Waals surface area contributed by atoms with Crippen molar-refractivity contribution in [1.82, 2.24) is 34.8 Å². The first-order chi connectivity index (χ1) is 13.2. The number of carbonyl (C=O) groups excluding carboxylic acids is 1. The summed E-state index contributed by atoms with van der Waals surface area (Å²) in [6.07, 6.45) is 8.11. The van der Waals surface area contributed by atoms with Gasteiger partial charge in [-0.05, 0) is 43.9 Å². The van der Waals surface area contributed by atoms with Crippen molar-refractivity contribution >= 4 is 5.91 Å². The zero-order valence-electron chi connectivity index (χ0n) is 15.4. The molecule has 3 aromatic heterocycles. The molecule has 4 rings (SSSR count). The highest BCUT2D eigenvalue weighted by Gasteiger charge is 2.25. The Morgan fingerprint density at radius 3 is 2.70 bits per heavy atom. The maximum atomic E-state index is 12.6. The molecule has 1 aliphatic rings. The number of amides is 1. The van der Waals surface area contributed by atoms with E-state index in [2.05, 4.69) is 25.3 Å². The molecule has 0 aliphatic carbocycles. The predicted octanol–water partition coefficient (Wildman–Crippen LogP) is 2.18. The molecule has 3 aromatic rings. The lowest BCUT2D eigenvalue weighted by Crippen LogP contribution is -2.39. The molecule has 1 saturated heterocycles. The number of piperidine rings is 1. The van der Waals surface area contributed by atoms with E-state index >= 15 is 0 Å². The van der Waals surface area contributed by atoms with Gasteiger partial charge in [0, 0.05) is 50.2 Å². The van der Waals surface area contributed by atoms with E-state index < -0.39 is 0 Å².